The quantitative estimate of drug-likeness (QED) is 0.875. The van der Waals surface area contributed by atoms with E-state index in [9.17, 15) is 0 Å². The third-order valence-corrected chi connectivity index (χ3v) is 4.00. The smallest absolute Gasteiger partial charge is 0.220 e. The monoisotopic (exact) mass is 252 g/mol. The van der Waals surface area contributed by atoms with Gasteiger partial charge in [-0.05, 0) is 45.1 Å². The van der Waals surface area contributed by atoms with Crippen molar-refractivity contribution in [1.82, 2.24) is 4.98 Å². The molecule has 102 valence electrons. The van der Waals surface area contributed by atoms with Gasteiger partial charge in [0.15, 0.2) is 0 Å². The van der Waals surface area contributed by atoms with Crippen LogP contribution in [-0.2, 0) is 11.3 Å². The Morgan fingerprint density at radius 3 is 2.61 bits per heavy atom. The Balaban J connectivity index is 1.77. The Morgan fingerprint density at radius 2 is 2.00 bits per heavy atom. The van der Waals surface area contributed by atoms with Crippen molar-refractivity contribution in [3.8, 4) is 0 Å². The lowest BCUT2D eigenvalue weighted by atomic mass is 9.80. The maximum absolute atomic E-state index is 5.81. The Morgan fingerprint density at radius 1 is 1.28 bits per heavy atom. The van der Waals surface area contributed by atoms with Crippen LogP contribution in [0.4, 0.5) is 0 Å². The van der Waals surface area contributed by atoms with Crippen LogP contribution in [0, 0.1) is 25.7 Å². The van der Waals surface area contributed by atoms with Crippen LogP contribution in [0.3, 0.4) is 0 Å². The molecule has 2 rings (SSSR count). The van der Waals surface area contributed by atoms with E-state index in [0.29, 0.717) is 24.3 Å². The van der Waals surface area contributed by atoms with Crippen molar-refractivity contribution in [3.05, 3.63) is 17.3 Å². The van der Waals surface area contributed by atoms with Gasteiger partial charge in [-0.15, -0.1) is 0 Å². The molecule has 0 amide bonds. The Kier molecular flexibility index (Phi) is 4.78. The molecule has 2 unspecified atom stereocenters. The number of hydrogen-bond acceptors (Lipinski definition) is 4. The highest BCUT2D eigenvalue weighted by atomic mass is 16.5. The first-order valence-electron chi connectivity index (χ1n) is 6.91. The van der Waals surface area contributed by atoms with Gasteiger partial charge in [0.05, 0.1) is 12.3 Å². The summed E-state index contributed by atoms with van der Waals surface area (Å²) < 4.78 is 11.2. The fourth-order valence-electron chi connectivity index (χ4n) is 2.71. The van der Waals surface area contributed by atoms with Crippen molar-refractivity contribution < 1.29 is 9.15 Å². The van der Waals surface area contributed by atoms with Crippen LogP contribution >= 0.6 is 0 Å². The summed E-state index contributed by atoms with van der Waals surface area (Å²) in [7, 11) is 0. The molecule has 1 saturated carbocycles. The largest absolute Gasteiger partial charge is 0.443 e. The highest BCUT2D eigenvalue weighted by Crippen LogP contribution is 2.29. The average Bonchev–Trinajstić information content (AvgIpc) is 2.69. The first kappa shape index (κ1) is 13.6. The summed E-state index contributed by atoms with van der Waals surface area (Å²) in [5.41, 5.74) is 6.76. The summed E-state index contributed by atoms with van der Waals surface area (Å²) in [6.45, 7) is 5.92. The molecular formula is C14H24N2O2. The fourth-order valence-corrected chi connectivity index (χ4v) is 2.71. The summed E-state index contributed by atoms with van der Waals surface area (Å²) in [5, 5.41) is 0. The van der Waals surface area contributed by atoms with Gasteiger partial charge < -0.3 is 14.9 Å². The average molecular weight is 252 g/mol. The molecule has 0 aromatic carbocycles. The van der Waals surface area contributed by atoms with Crippen LogP contribution in [0.25, 0.3) is 0 Å². The SMILES string of the molecule is Cc1nc(COCC2CCCCC2CN)oc1C. The van der Waals surface area contributed by atoms with Gasteiger partial charge in [0.2, 0.25) is 5.89 Å². The van der Waals surface area contributed by atoms with Gasteiger partial charge in [-0.2, -0.15) is 0 Å². The van der Waals surface area contributed by atoms with Gasteiger partial charge in [-0.1, -0.05) is 12.8 Å². The second-order valence-electron chi connectivity index (χ2n) is 5.30. The number of rotatable bonds is 5. The molecule has 1 aliphatic carbocycles. The van der Waals surface area contributed by atoms with Gasteiger partial charge in [-0.25, -0.2) is 4.98 Å². The van der Waals surface area contributed by atoms with Crippen LogP contribution < -0.4 is 5.73 Å². The van der Waals surface area contributed by atoms with E-state index in [4.69, 9.17) is 14.9 Å². The molecule has 0 spiro atoms. The molecular weight excluding hydrogens is 228 g/mol. The van der Waals surface area contributed by atoms with Crippen LogP contribution in [0.5, 0.6) is 0 Å². The van der Waals surface area contributed by atoms with Crippen LogP contribution in [0.15, 0.2) is 4.42 Å². The summed E-state index contributed by atoms with van der Waals surface area (Å²) in [6, 6.07) is 0. The van der Waals surface area contributed by atoms with E-state index in [1.54, 1.807) is 0 Å². The minimum absolute atomic E-state index is 0.475. The van der Waals surface area contributed by atoms with Gasteiger partial charge in [-0.3, -0.25) is 0 Å². The molecule has 2 atom stereocenters. The minimum Gasteiger partial charge on any atom is -0.443 e. The number of aryl methyl sites for hydroxylation is 2. The molecule has 0 aliphatic heterocycles. The molecule has 0 bridgehead atoms. The van der Waals surface area contributed by atoms with Gasteiger partial charge >= 0.3 is 0 Å². The van der Waals surface area contributed by atoms with Crippen molar-refractivity contribution >= 4 is 0 Å². The third-order valence-electron chi connectivity index (χ3n) is 4.00. The van der Waals surface area contributed by atoms with Crippen molar-refractivity contribution in [2.24, 2.45) is 17.6 Å². The molecule has 4 nitrogen and oxygen atoms in total. The molecule has 4 heteroatoms. The normalized spacial score (nSPS) is 24.4. The molecule has 1 heterocycles. The maximum Gasteiger partial charge on any atom is 0.220 e. The molecule has 2 N–H and O–H groups in total. The van der Waals surface area contributed by atoms with E-state index in [0.717, 1.165) is 24.6 Å². The fraction of sp³-hybridized carbons (Fsp3) is 0.786. The van der Waals surface area contributed by atoms with E-state index in [2.05, 4.69) is 4.98 Å². The lowest BCUT2D eigenvalue weighted by Crippen LogP contribution is -2.29. The molecule has 0 radical (unpaired) electrons. The Hall–Kier alpha value is -0.870. The summed E-state index contributed by atoms with van der Waals surface area (Å²) >= 11 is 0. The van der Waals surface area contributed by atoms with Crippen molar-refractivity contribution in [1.29, 1.82) is 0 Å². The first-order chi connectivity index (χ1) is 8.70. The minimum atomic E-state index is 0.475. The number of oxazole rings is 1. The van der Waals surface area contributed by atoms with Gasteiger partial charge in [0.1, 0.15) is 12.4 Å². The topological polar surface area (TPSA) is 61.3 Å². The van der Waals surface area contributed by atoms with Crippen LogP contribution in [-0.4, -0.2) is 18.1 Å². The molecule has 1 aromatic heterocycles. The predicted octanol–water partition coefficient (Wildman–Crippen LogP) is 2.57. The van der Waals surface area contributed by atoms with E-state index >= 15 is 0 Å². The maximum atomic E-state index is 5.81. The zero-order chi connectivity index (χ0) is 13.0. The van der Waals surface area contributed by atoms with Crippen LogP contribution in [0.1, 0.15) is 43.0 Å². The number of nitrogens with two attached hydrogens (primary N) is 1. The highest BCUT2D eigenvalue weighted by Gasteiger charge is 2.24. The zero-order valence-corrected chi connectivity index (χ0v) is 11.4. The van der Waals surface area contributed by atoms with Gasteiger partial charge in [0, 0.05) is 0 Å². The van der Waals surface area contributed by atoms with E-state index < -0.39 is 0 Å². The van der Waals surface area contributed by atoms with E-state index in [1.165, 1.54) is 25.7 Å². The van der Waals surface area contributed by atoms with Crippen molar-refractivity contribution in [3.63, 3.8) is 0 Å². The summed E-state index contributed by atoms with van der Waals surface area (Å²) in [4.78, 5) is 4.32. The predicted molar refractivity (Wildman–Crippen MR) is 70.1 cm³/mol. The van der Waals surface area contributed by atoms with E-state index in [-0.39, 0.29) is 0 Å². The van der Waals surface area contributed by atoms with Crippen LogP contribution in [0.2, 0.25) is 0 Å². The van der Waals surface area contributed by atoms with E-state index in [1.807, 2.05) is 13.8 Å². The van der Waals surface area contributed by atoms with Crippen molar-refractivity contribution in [2.75, 3.05) is 13.2 Å². The van der Waals surface area contributed by atoms with Gasteiger partial charge in [0.25, 0.3) is 0 Å². The molecule has 1 aliphatic rings. The Bertz CT molecular complexity index is 356. The lowest BCUT2D eigenvalue weighted by Gasteiger charge is -2.30. The second-order valence-corrected chi connectivity index (χ2v) is 5.30. The summed E-state index contributed by atoms with van der Waals surface area (Å²) in [6.07, 6.45) is 5.12. The first-order valence-corrected chi connectivity index (χ1v) is 6.91. The molecule has 0 saturated heterocycles. The molecule has 1 aromatic rings. The molecule has 18 heavy (non-hydrogen) atoms. The standard InChI is InChI=1S/C14H24N2O2/c1-10-11(2)18-14(16-10)9-17-8-13-6-4-3-5-12(13)7-15/h12-13H,3-9,15H2,1-2H3. The Labute approximate surface area is 109 Å². The number of ether oxygens (including phenoxy) is 1. The highest BCUT2D eigenvalue weighted by molar-refractivity contribution is 5.04. The third kappa shape index (κ3) is 3.33. The number of nitrogens with zero attached hydrogens (tertiary/aromatic N) is 1. The zero-order valence-electron chi connectivity index (χ0n) is 11.4. The molecule has 1 fully saturated rings. The summed E-state index contributed by atoms with van der Waals surface area (Å²) in [5.74, 6) is 2.81. The lowest BCUT2D eigenvalue weighted by molar-refractivity contribution is 0.0408. The second kappa shape index (κ2) is 6.34. The van der Waals surface area contributed by atoms with Crippen molar-refractivity contribution in [2.45, 2.75) is 46.1 Å². The number of aromatic nitrogens is 1. The number of hydrogen-bond donors (Lipinski definition) is 1.